The van der Waals surface area contributed by atoms with Crippen LogP contribution in [-0.2, 0) is 9.59 Å². The molecule has 7 heteroatoms. The van der Waals surface area contributed by atoms with E-state index in [0.717, 1.165) is 10.8 Å². The summed E-state index contributed by atoms with van der Waals surface area (Å²) in [5.74, 6) is -0.531. The molecule has 3 rings (SSSR count). The van der Waals surface area contributed by atoms with Crippen LogP contribution in [0.3, 0.4) is 0 Å². The maximum absolute atomic E-state index is 12.2. The van der Waals surface area contributed by atoms with E-state index < -0.39 is 11.8 Å². The predicted molar refractivity (Wildman–Crippen MR) is 108 cm³/mol. The summed E-state index contributed by atoms with van der Waals surface area (Å²) in [7, 11) is 3.07. The molecule has 28 heavy (non-hydrogen) atoms. The topological polar surface area (TPSA) is 89.0 Å². The Hall–Kier alpha value is -3.87. The lowest BCUT2D eigenvalue weighted by atomic mass is 10.1. The molecular weight excluding hydrogens is 358 g/mol. The second-order valence-corrected chi connectivity index (χ2v) is 5.79. The number of amides is 2. The third-order valence-electron chi connectivity index (χ3n) is 4.05. The number of rotatable bonds is 5. The van der Waals surface area contributed by atoms with Crippen LogP contribution in [0.4, 0.5) is 5.69 Å². The zero-order valence-electron chi connectivity index (χ0n) is 15.4. The number of carbonyl (C=O) groups excluding carboxylic acids is 2. The normalized spacial score (nSPS) is 10.6. The second-order valence-electron chi connectivity index (χ2n) is 5.79. The molecule has 0 bridgehead atoms. The van der Waals surface area contributed by atoms with E-state index in [9.17, 15) is 9.59 Å². The maximum Gasteiger partial charge on any atom is 0.329 e. The van der Waals surface area contributed by atoms with Crippen molar-refractivity contribution in [2.24, 2.45) is 5.10 Å². The monoisotopic (exact) mass is 377 g/mol. The first-order chi connectivity index (χ1) is 13.6. The van der Waals surface area contributed by atoms with Crippen molar-refractivity contribution in [1.29, 1.82) is 0 Å². The van der Waals surface area contributed by atoms with Gasteiger partial charge in [-0.2, -0.15) is 5.10 Å². The third-order valence-corrected chi connectivity index (χ3v) is 4.05. The number of methoxy groups -OCH3 is 2. The van der Waals surface area contributed by atoms with E-state index >= 15 is 0 Å². The lowest BCUT2D eigenvalue weighted by Gasteiger charge is -2.08. The molecule has 0 radical (unpaired) electrons. The quantitative estimate of drug-likeness (QED) is 0.406. The number of anilines is 1. The van der Waals surface area contributed by atoms with Gasteiger partial charge in [-0.25, -0.2) is 5.43 Å². The molecule has 0 saturated heterocycles. The molecule has 0 spiro atoms. The minimum Gasteiger partial charge on any atom is -0.497 e. The highest BCUT2D eigenvalue weighted by molar-refractivity contribution is 6.40. The van der Waals surface area contributed by atoms with Crippen LogP contribution in [0.2, 0.25) is 0 Å². The first-order valence-corrected chi connectivity index (χ1v) is 8.46. The van der Waals surface area contributed by atoms with Gasteiger partial charge in [-0.05, 0) is 23.6 Å². The average molecular weight is 377 g/mol. The first kappa shape index (κ1) is 18.9. The molecule has 7 nitrogen and oxygen atoms in total. The third kappa shape index (κ3) is 4.27. The number of benzene rings is 3. The fourth-order valence-electron chi connectivity index (χ4n) is 2.65. The van der Waals surface area contributed by atoms with Crippen molar-refractivity contribution >= 4 is 34.5 Å². The summed E-state index contributed by atoms with van der Waals surface area (Å²) < 4.78 is 10.4. The van der Waals surface area contributed by atoms with Gasteiger partial charge >= 0.3 is 11.8 Å². The van der Waals surface area contributed by atoms with E-state index in [1.165, 1.54) is 13.3 Å². The average Bonchev–Trinajstić information content (AvgIpc) is 2.74. The SMILES string of the molecule is COc1ccc(/C=N/NC(=O)C(=O)Nc2cccc3ccccc23)c(OC)c1. The fraction of sp³-hybridized carbons (Fsp3) is 0.0952. The Morgan fingerprint density at radius 3 is 2.50 bits per heavy atom. The molecule has 3 aromatic carbocycles. The van der Waals surface area contributed by atoms with Gasteiger partial charge in [-0.1, -0.05) is 36.4 Å². The van der Waals surface area contributed by atoms with Crippen LogP contribution < -0.4 is 20.2 Å². The Morgan fingerprint density at radius 2 is 1.71 bits per heavy atom. The molecule has 0 fully saturated rings. The molecule has 2 N–H and O–H groups in total. The Kier molecular flexibility index (Phi) is 5.86. The number of fused-ring (bicyclic) bond motifs is 1. The number of carbonyl (C=O) groups is 2. The highest BCUT2D eigenvalue weighted by Gasteiger charge is 2.14. The van der Waals surface area contributed by atoms with Crippen molar-refractivity contribution in [2.45, 2.75) is 0 Å². The molecule has 2 amide bonds. The largest absolute Gasteiger partial charge is 0.497 e. The van der Waals surface area contributed by atoms with E-state index in [1.807, 2.05) is 36.4 Å². The van der Waals surface area contributed by atoms with Crippen molar-refractivity contribution < 1.29 is 19.1 Å². The van der Waals surface area contributed by atoms with Crippen LogP contribution in [0, 0.1) is 0 Å². The van der Waals surface area contributed by atoms with Gasteiger partial charge in [0.1, 0.15) is 11.5 Å². The van der Waals surface area contributed by atoms with E-state index in [-0.39, 0.29) is 0 Å². The van der Waals surface area contributed by atoms with Crippen LogP contribution in [-0.4, -0.2) is 32.2 Å². The summed E-state index contributed by atoms with van der Waals surface area (Å²) in [4.78, 5) is 24.2. The standard InChI is InChI=1S/C21H19N3O4/c1-27-16-11-10-15(19(12-16)28-2)13-22-24-21(26)20(25)23-18-9-5-7-14-6-3-4-8-17(14)18/h3-13H,1-2H3,(H,23,25)(H,24,26)/b22-13+. The Labute approximate surface area is 162 Å². The molecule has 0 aliphatic carbocycles. The van der Waals surface area contributed by atoms with Crippen molar-refractivity contribution in [3.05, 3.63) is 66.2 Å². The number of hydrogen-bond donors (Lipinski definition) is 2. The van der Waals surface area contributed by atoms with Crippen LogP contribution in [0.15, 0.2) is 65.8 Å². The van der Waals surface area contributed by atoms with Crippen molar-refractivity contribution in [3.8, 4) is 11.5 Å². The summed E-state index contributed by atoms with van der Waals surface area (Å²) in [5.41, 5.74) is 3.39. The predicted octanol–water partition coefficient (Wildman–Crippen LogP) is 2.95. The van der Waals surface area contributed by atoms with E-state index in [2.05, 4.69) is 15.8 Å². The van der Waals surface area contributed by atoms with Crippen LogP contribution in [0.25, 0.3) is 10.8 Å². The van der Waals surface area contributed by atoms with Gasteiger partial charge in [-0.3, -0.25) is 9.59 Å². The lowest BCUT2D eigenvalue weighted by Crippen LogP contribution is -2.32. The molecule has 0 heterocycles. The van der Waals surface area contributed by atoms with Gasteiger partial charge < -0.3 is 14.8 Å². The van der Waals surface area contributed by atoms with Gasteiger partial charge in [0.15, 0.2) is 0 Å². The van der Waals surface area contributed by atoms with Crippen molar-refractivity contribution in [1.82, 2.24) is 5.43 Å². The van der Waals surface area contributed by atoms with E-state index in [4.69, 9.17) is 9.47 Å². The van der Waals surface area contributed by atoms with Crippen LogP contribution in [0.5, 0.6) is 11.5 Å². The summed E-state index contributed by atoms with van der Waals surface area (Å²) in [6.45, 7) is 0. The highest BCUT2D eigenvalue weighted by Crippen LogP contribution is 2.23. The van der Waals surface area contributed by atoms with Gasteiger partial charge in [0.25, 0.3) is 0 Å². The molecule has 0 aromatic heterocycles. The summed E-state index contributed by atoms with van der Waals surface area (Å²) in [6.07, 6.45) is 1.39. The van der Waals surface area contributed by atoms with E-state index in [1.54, 1.807) is 31.4 Å². The van der Waals surface area contributed by atoms with Gasteiger partial charge in [0.05, 0.1) is 20.4 Å². The summed E-state index contributed by atoms with van der Waals surface area (Å²) in [6, 6.07) is 18.2. The zero-order valence-corrected chi connectivity index (χ0v) is 15.4. The molecule has 142 valence electrons. The van der Waals surface area contributed by atoms with Crippen molar-refractivity contribution in [3.63, 3.8) is 0 Å². The van der Waals surface area contributed by atoms with E-state index in [0.29, 0.717) is 22.7 Å². The molecular formula is C21H19N3O4. The van der Waals surface area contributed by atoms with Gasteiger partial charge in [0, 0.05) is 22.7 Å². The number of ether oxygens (including phenoxy) is 2. The number of nitrogens with zero attached hydrogens (tertiary/aromatic N) is 1. The van der Waals surface area contributed by atoms with Crippen molar-refractivity contribution in [2.75, 3.05) is 19.5 Å². The highest BCUT2D eigenvalue weighted by atomic mass is 16.5. The number of hydrazone groups is 1. The zero-order chi connectivity index (χ0) is 19.9. The molecule has 0 saturated carbocycles. The Balaban J connectivity index is 1.66. The fourth-order valence-corrected chi connectivity index (χ4v) is 2.65. The molecule has 0 unspecified atom stereocenters. The van der Waals surface area contributed by atoms with Gasteiger partial charge in [0.2, 0.25) is 0 Å². The number of hydrogen-bond acceptors (Lipinski definition) is 5. The minimum atomic E-state index is -0.878. The maximum atomic E-state index is 12.2. The molecule has 0 aliphatic rings. The molecule has 3 aromatic rings. The summed E-state index contributed by atoms with van der Waals surface area (Å²) in [5, 5.41) is 8.24. The molecule has 0 atom stereocenters. The Bertz CT molecular complexity index is 1040. The van der Waals surface area contributed by atoms with Gasteiger partial charge in [-0.15, -0.1) is 0 Å². The summed E-state index contributed by atoms with van der Waals surface area (Å²) >= 11 is 0. The van der Waals surface area contributed by atoms with Crippen LogP contribution in [0.1, 0.15) is 5.56 Å². The second kappa shape index (κ2) is 8.68. The minimum absolute atomic E-state index is 0.526. The first-order valence-electron chi connectivity index (χ1n) is 8.46. The molecule has 0 aliphatic heterocycles. The lowest BCUT2D eigenvalue weighted by molar-refractivity contribution is -0.136. The van der Waals surface area contributed by atoms with Crippen LogP contribution >= 0.6 is 0 Å². The number of nitrogens with one attached hydrogen (secondary N) is 2. The Morgan fingerprint density at radius 1 is 0.929 bits per heavy atom. The smallest absolute Gasteiger partial charge is 0.329 e.